The zero-order chi connectivity index (χ0) is 31.4. The molecule has 4 saturated heterocycles. The second-order valence-corrected chi connectivity index (χ2v) is 12.0. The summed E-state index contributed by atoms with van der Waals surface area (Å²) < 4.78 is 41.8. The first-order chi connectivity index (χ1) is 20.5. The van der Waals surface area contributed by atoms with E-state index in [2.05, 4.69) is 0 Å². The Balaban J connectivity index is 1.49. The number of hydrogen-bond donors (Lipinski definition) is 9. The highest BCUT2D eigenvalue weighted by atomic mass is 16.7. The third-order valence-electron chi connectivity index (χ3n) is 8.45. The summed E-state index contributed by atoms with van der Waals surface area (Å²) in [5.74, 6) is -0.113. The molecule has 16 nitrogen and oxygen atoms in total. The van der Waals surface area contributed by atoms with Gasteiger partial charge in [0, 0.05) is 25.7 Å². The lowest BCUT2D eigenvalue weighted by Crippen LogP contribution is -2.60. The Labute approximate surface area is 249 Å². The van der Waals surface area contributed by atoms with Crippen molar-refractivity contribution in [2.45, 2.75) is 138 Å². The van der Waals surface area contributed by atoms with Gasteiger partial charge in [-0.1, -0.05) is 13.8 Å². The van der Waals surface area contributed by atoms with Crippen LogP contribution in [0.2, 0.25) is 0 Å². The molecule has 0 radical (unpaired) electrons. The van der Waals surface area contributed by atoms with Crippen LogP contribution in [0, 0.1) is 5.92 Å². The van der Waals surface area contributed by atoms with Crippen LogP contribution in [0.4, 0.5) is 0 Å². The van der Waals surface area contributed by atoms with Crippen LogP contribution < -0.4 is 0 Å². The highest BCUT2D eigenvalue weighted by Gasteiger charge is 2.48. The Bertz CT molecular complexity index is 835. The molecule has 0 bridgehead atoms. The molecule has 0 aromatic rings. The van der Waals surface area contributed by atoms with Gasteiger partial charge in [0.25, 0.3) is 0 Å². The van der Waals surface area contributed by atoms with E-state index in [4.69, 9.17) is 33.2 Å². The van der Waals surface area contributed by atoms with E-state index >= 15 is 0 Å². The molecular formula is C27H48O16. The molecule has 0 saturated carbocycles. The molecule has 4 aliphatic heterocycles. The number of ether oxygens (including phenoxy) is 7. The van der Waals surface area contributed by atoms with Crippen molar-refractivity contribution in [2.24, 2.45) is 5.92 Å². The van der Waals surface area contributed by atoms with Gasteiger partial charge in [-0.15, -0.1) is 0 Å². The predicted octanol–water partition coefficient (Wildman–Crippen LogP) is -3.93. The van der Waals surface area contributed by atoms with Gasteiger partial charge in [-0.2, -0.15) is 0 Å². The Morgan fingerprint density at radius 2 is 1.23 bits per heavy atom. The molecule has 16 atom stereocenters. The molecule has 252 valence electrons. The number of aliphatic hydroxyl groups excluding tert-OH is 9. The maximum atomic E-state index is 10.4. The zero-order valence-electron chi connectivity index (χ0n) is 24.4. The highest BCUT2D eigenvalue weighted by Crippen LogP contribution is 2.36. The normalized spacial score (nSPS) is 48.0. The van der Waals surface area contributed by atoms with E-state index in [0.717, 1.165) is 0 Å². The van der Waals surface area contributed by atoms with Crippen molar-refractivity contribution >= 4 is 0 Å². The van der Waals surface area contributed by atoms with E-state index in [9.17, 15) is 46.0 Å². The minimum Gasteiger partial charge on any atom is -0.394 e. The Morgan fingerprint density at radius 3 is 1.86 bits per heavy atom. The van der Waals surface area contributed by atoms with Gasteiger partial charge in [0.15, 0.2) is 18.9 Å². The molecular weight excluding hydrogens is 580 g/mol. The molecule has 4 aliphatic rings. The average molecular weight is 629 g/mol. The summed E-state index contributed by atoms with van der Waals surface area (Å²) in [6.07, 6.45) is -16.6. The maximum Gasteiger partial charge on any atom is 0.186 e. The molecule has 0 spiro atoms. The molecule has 4 fully saturated rings. The summed E-state index contributed by atoms with van der Waals surface area (Å²) in [4.78, 5) is 0. The van der Waals surface area contributed by atoms with Crippen molar-refractivity contribution in [3.05, 3.63) is 0 Å². The van der Waals surface area contributed by atoms with Crippen LogP contribution in [0.15, 0.2) is 0 Å². The second kappa shape index (κ2) is 15.8. The van der Waals surface area contributed by atoms with E-state index in [1.165, 1.54) is 0 Å². The summed E-state index contributed by atoms with van der Waals surface area (Å²) >= 11 is 0. The molecule has 4 rings (SSSR count). The van der Waals surface area contributed by atoms with Crippen molar-refractivity contribution in [1.29, 1.82) is 0 Å². The third kappa shape index (κ3) is 8.40. The lowest BCUT2D eigenvalue weighted by molar-refractivity contribution is -0.342. The van der Waals surface area contributed by atoms with Crippen LogP contribution in [0.1, 0.15) is 39.5 Å². The predicted molar refractivity (Wildman–Crippen MR) is 141 cm³/mol. The minimum atomic E-state index is -1.62. The van der Waals surface area contributed by atoms with Gasteiger partial charge in [0.1, 0.15) is 42.7 Å². The van der Waals surface area contributed by atoms with Gasteiger partial charge in [-0.25, -0.2) is 0 Å². The SMILES string of the molecule is CC(C)C1O[C@H](CO)C[C@H](O[C@H]2C[C@@H](O[C@@H]3O[C@H](CO)[C@@H](O)[C@H](O)[C@H]3O)C[C@@H](CO)O2)[C@H]1O[C@H]1C[C@@H](O)[C@H](O)[C@@H](CO)O1. The standard InChI is InChI=1S/C27H48O16/c1-11(2)25-26(43-20-6-15(32)21(33)17(9-30)41-20)16(4-14(8-29)38-25)40-19-5-12(3-13(7-28)37-19)39-27-24(36)23(35)22(34)18(10-31)42-27/h11-36H,3-10H2,1-2H3/t12-,13-,14-,15+,16-,17+,18+,19-,20-,21-,22+,23-,24+,25?,26+,27+/m0/s1. The van der Waals surface area contributed by atoms with Crippen LogP contribution in [0.3, 0.4) is 0 Å². The van der Waals surface area contributed by atoms with E-state index in [1.807, 2.05) is 13.8 Å². The van der Waals surface area contributed by atoms with Gasteiger partial charge in [-0.05, 0) is 5.92 Å². The summed E-state index contributed by atoms with van der Waals surface area (Å²) in [7, 11) is 0. The van der Waals surface area contributed by atoms with Crippen molar-refractivity contribution < 1.29 is 79.1 Å². The van der Waals surface area contributed by atoms with Crippen LogP contribution >= 0.6 is 0 Å². The van der Waals surface area contributed by atoms with E-state index in [1.54, 1.807) is 0 Å². The molecule has 43 heavy (non-hydrogen) atoms. The molecule has 0 aromatic carbocycles. The maximum absolute atomic E-state index is 10.4. The third-order valence-corrected chi connectivity index (χ3v) is 8.45. The van der Waals surface area contributed by atoms with Crippen LogP contribution in [-0.2, 0) is 33.2 Å². The minimum absolute atomic E-state index is 0.0728. The fraction of sp³-hybridized carbons (Fsp3) is 1.00. The Kier molecular flexibility index (Phi) is 12.9. The van der Waals surface area contributed by atoms with Gasteiger partial charge in [-0.3, -0.25) is 0 Å². The van der Waals surface area contributed by atoms with Gasteiger partial charge < -0.3 is 79.1 Å². The van der Waals surface area contributed by atoms with Crippen molar-refractivity contribution in [3.63, 3.8) is 0 Å². The van der Waals surface area contributed by atoms with E-state index in [-0.39, 0.29) is 44.8 Å². The number of aliphatic hydroxyl groups is 9. The lowest BCUT2D eigenvalue weighted by Gasteiger charge is -2.47. The van der Waals surface area contributed by atoms with Crippen molar-refractivity contribution in [2.75, 3.05) is 26.4 Å². The van der Waals surface area contributed by atoms with E-state index in [0.29, 0.717) is 0 Å². The Hall–Kier alpha value is -0.640. The first-order valence-electron chi connectivity index (χ1n) is 14.9. The Morgan fingerprint density at radius 1 is 0.605 bits per heavy atom. The number of rotatable bonds is 11. The van der Waals surface area contributed by atoms with Crippen LogP contribution in [0.25, 0.3) is 0 Å². The topological polar surface area (TPSA) is 247 Å². The molecule has 9 N–H and O–H groups in total. The summed E-state index contributed by atoms with van der Waals surface area (Å²) in [5, 5.41) is 90.1. The van der Waals surface area contributed by atoms with Gasteiger partial charge >= 0.3 is 0 Å². The molecule has 0 amide bonds. The number of hydrogen-bond acceptors (Lipinski definition) is 16. The zero-order valence-corrected chi connectivity index (χ0v) is 24.4. The summed E-state index contributed by atoms with van der Waals surface area (Å²) in [6.45, 7) is 1.98. The lowest BCUT2D eigenvalue weighted by atomic mass is 9.90. The quantitative estimate of drug-likeness (QED) is 0.106. The highest BCUT2D eigenvalue weighted by molar-refractivity contribution is 4.93. The average Bonchev–Trinajstić information content (AvgIpc) is 2.99. The largest absolute Gasteiger partial charge is 0.394 e. The van der Waals surface area contributed by atoms with Crippen molar-refractivity contribution in [3.8, 4) is 0 Å². The molecule has 16 heteroatoms. The molecule has 4 heterocycles. The van der Waals surface area contributed by atoms with Crippen LogP contribution in [-0.4, -0.2) is 171 Å². The summed E-state index contributed by atoms with van der Waals surface area (Å²) in [5.41, 5.74) is 0. The fourth-order valence-corrected chi connectivity index (χ4v) is 6.05. The second-order valence-electron chi connectivity index (χ2n) is 12.0. The van der Waals surface area contributed by atoms with Gasteiger partial charge in [0.2, 0.25) is 0 Å². The smallest absolute Gasteiger partial charge is 0.186 e. The molecule has 0 aromatic heterocycles. The molecule has 0 aliphatic carbocycles. The summed E-state index contributed by atoms with van der Waals surface area (Å²) in [6, 6.07) is 0. The van der Waals surface area contributed by atoms with Gasteiger partial charge in [0.05, 0.1) is 63.1 Å². The fourth-order valence-electron chi connectivity index (χ4n) is 6.05. The monoisotopic (exact) mass is 628 g/mol. The van der Waals surface area contributed by atoms with Crippen molar-refractivity contribution in [1.82, 2.24) is 0 Å². The van der Waals surface area contributed by atoms with E-state index < -0.39 is 111 Å². The molecule has 1 unspecified atom stereocenters. The first kappa shape index (κ1) is 35.2. The first-order valence-corrected chi connectivity index (χ1v) is 14.9. The van der Waals surface area contributed by atoms with Crippen LogP contribution in [0.5, 0.6) is 0 Å².